The molecule has 6 heteroatoms. The van der Waals surface area contributed by atoms with Gasteiger partial charge in [0.2, 0.25) is 5.91 Å². The molecule has 0 aromatic rings. The number of carbonyl (C=O) groups excluding carboxylic acids is 1. The maximum absolute atomic E-state index is 12.6. The van der Waals surface area contributed by atoms with Crippen molar-refractivity contribution in [2.75, 3.05) is 45.9 Å². The van der Waals surface area contributed by atoms with Gasteiger partial charge >= 0.3 is 0 Å². The van der Waals surface area contributed by atoms with Crippen LogP contribution in [0, 0.1) is 5.41 Å². The molecule has 1 amide bonds. The van der Waals surface area contributed by atoms with Crippen LogP contribution in [0.4, 0.5) is 0 Å². The number of aliphatic hydroxyl groups excluding tert-OH is 1. The van der Waals surface area contributed by atoms with Crippen LogP contribution >= 0.6 is 12.4 Å². The Hall–Kier alpha value is -0.360. The van der Waals surface area contributed by atoms with Gasteiger partial charge in [0, 0.05) is 39.3 Å². The normalized spacial score (nSPS) is 17.2. The minimum Gasteiger partial charge on any atom is -0.395 e. The topological polar surface area (TPSA) is 69.8 Å². The molecule has 0 aromatic heterocycles. The van der Waals surface area contributed by atoms with Crippen LogP contribution in [0.5, 0.6) is 0 Å². The van der Waals surface area contributed by atoms with Gasteiger partial charge in [-0.1, -0.05) is 13.8 Å². The predicted octanol–water partition coefficient (Wildman–Crippen LogP) is 0.310. The summed E-state index contributed by atoms with van der Waals surface area (Å²) in [6.07, 6.45) is 1.60. The van der Waals surface area contributed by atoms with E-state index in [9.17, 15) is 4.79 Å². The van der Waals surface area contributed by atoms with Crippen LogP contribution in [0.25, 0.3) is 0 Å². The number of nitrogens with two attached hydrogens (primary N) is 1. The van der Waals surface area contributed by atoms with E-state index in [4.69, 9.17) is 10.8 Å². The van der Waals surface area contributed by atoms with E-state index in [1.54, 1.807) is 0 Å². The molecule has 0 unspecified atom stereocenters. The van der Waals surface area contributed by atoms with Gasteiger partial charge in [0.1, 0.15) is 0 Å². The molecule has 1 fully saturated rings. The summed E-state index contributed by atoms with van der Waals surface area (Å²) in [7, 11) is 0. The van der Waals surface area contributed by atoms with Crippen molar-refractivity contribution >= 4 is 18.3 Å². The number of β-amino-alcohol motifs (C(OH)–C–C–N with tert-alkyl or cyclic N) is 1. The van der Waals surface area contributed by atoms with Gasteiger partial charge in [0.05, 0.1) is 12.0 Å². The molecule has 5 nitrogen and oxygen atoms in total. The van der Waals surface area contributed by atoms with E-state index in [1.807, 2.05) is 18.7 Å². The first-order chi connectivity index (χ1) is 8.63. The third-order valence-electron chi connectivity index (χ3n) is 4.27. The zero-order chi connectivity index (χ0) is 13.6. The molecule has 1 heterocycles. The van der Waals surface area contributed by atoms with Gasteiger partial charge in [-0.3, -0.25) is 9.69 Å². The lowest BCUT2D eigenvalue weighted by Gasteiger charge is -2.40. The van der Waals surface area contributed by atoms with Gasteiger partial charge in [-0.2, -0.15) is 0 Å². The summed E-state index contributed by atoms with van der Waals surface area (Å²) in [4.78, 5) is 16.7. The highest BCUT2D eigenvalue weighted by molar-refractivity contribution is 5.85. The maximum atomic E-state index is 12.6. The number of amides is 1. The van der Waals surface area contributed by atoms with Crippen LogP contribution in [0.3, 0.4) is 0 Å². The molecule has 19 heavy (non-hydrogen) atoms. The Balaban J connectivity index is 0.00000324. The number of hydrogen-bond donors (Lipinski definition) is 2. The van der Waals surface area contributed by atoms with Crippen LogP contribution in [-0.2, 0) is 4.79 Å². The van der Waals surface area contributed by atoms with E-state index in [1.165, 1.54) is 0 Å². The van der Waals surface area contributed by atoms with E-state index in [0.29, 0.717) is 13.1 Å². The van der Waals surface area contributed by atoms with Crippen LogP contribution < -0.4 is 5.73 Å². The van der Waals surface area contributed by atoms with Gasteiger partial charge in [-0.15, -0.1) is 12.4 Å². The van der Waals surface area contributed by atoms with E-state index >= 15 is 0 Å². The van der Waals surface area contributed by atoms with Crippen LogP contribution in [0.1, 0.15) is 26.7 Å². The minimum atomic E-state index is -0.376. The highest BCUT2D eigenvalue weighted by Gasteiger charge is 2.37. The SMILES string of the molecule is CCC(CC)(CN)C(=O)N1CCN(CCO)CC1.Cl. The van der Waals surface area contributed by atoms with Gasteiger partial charge in [-0.05, 0) is 12.8 Å². The molecular formula is C13H28ClN3O2. The standard InChI is InChI=1S/C13H27N3O2.ClH/c1-3-13(4-2,11-14)12(18)16-7-5-15(6-8-16)9-10-17;/h17H,3-11,14H2,1-2H3;1H. The predicted molar refractivity (Wildman–Crippen MR) is 79.4 cm³/mol. The number of halogens is 1. The fourth-order valence-corrected chi connectivity index (χ4v) is 2.58. The largest absolute Gasteiger partial charge is 0.395 e. The molecule has 0 bridgehead atoms. The van der Waals surface area contributed by atoms with Crippen molar-refractivity contribution in [3.63, 3.8) is 0 Å². The third kappa shape index (κ3) is 4.31. The number of carbonyl (C=O) groups is 1. The second kappa shape index (κ2) is 8.74. The van der Waals surface area contributed by atoms with Crippen molar-refractivity contribution in [3.8, 4) is 0 Å². The van der Waals surface area contributed by atoms with Gasteiger partial charge in [-0.25, -0.2) is 0 Å². The second-order valence-electron chi connectivity index (χ2n) is 5.05. The van der Waals surface area contributed by atoms with E-state index in [-0.39, 0.29) is 30.3 Å². The first kappa shape index (κ1) is 18.6. The lowest BCUT2D eigenvalue weighted by Crippen LogP contribution is -2.55. The molecular weight excluding hydrogens is 266 g/mol. The second-order valence-corrected chi connectivity index (χ2v) is 5.05. The van der Waals surface area contributed by atoms with Gasteiger partial charge in [0.25, 0.3) is 0 Å². The van der Waals surface area contributed by atoms with E-state index in [0.717, 1.165) is 39.0 Å². The third-order valence-corrected chi connectivity index (χ3v) is 4.27. The molecule has 114 valence electrons. The number of piperazine rings is 1. The quantitative estimate of drug-likeness (QED) is 0.739. The van der Waals surface area contributed by atoms with Crippen molar-refractivity contribution in [2.24, 2.45) is 11.1 Å². The zero-order valence-corrected chi connectivity index (χ0v) is 12.9. The molecule has 1 aliphatic rings. The summed E-state index contributed by atoms with van der Waals surface area (Å²) in [5.74, 6) is 0.207. The molecule has 0 atom stereocenters. The summed E-state index contributed by atoms with van der Waals surface area (Å²) >= 11 is 0. The summed E-state index contributed by atoms with van der Waals surface area (Å²) in [6.45, 7) is 8.58. The van der Waals surface area contributed by atoms with Crippen LogP contribution in [0.2, 0.25) is 0 Å². The molecule has 0 spiro atoms. The Labute approximate surface area is 122 Å². The Morgan fingerprint density at radius 2 is 1.74 bits per heavy atom. The highest BCUT2D eigenvalue weighted by atomic mass is 35.5. The maximum Gasteiger partial charge on any atom is 0.230 e. The highest BCUT2D eigenvalue weighted by Crippen LogP contribution is 2.28. The number of rotatable bonds is 6. The minimum absolute atomic E-state index is 0. The summed E-state index contributed by atoms with van der Waals surface area (Å²) < 4.78 is 0. The monoisotopic (exact) mass is 293 g/mol. The lowest BCUT2D eigenvalue weighted by molar-refractivity contribution is -0.144. The Morgan fingerprint density at radius 3 is 2.11 bits per heavy atom. The van der Waals surface area contributed by atoms with Crippen molar-refractivity contribution < 1.29 is 9.90 Å². The first-order valence-electron chi connectivity index (χ1n) is 6.96. The van der Waals surface area contributed by atoms with Crippen LogP contribution in [-0.4, -0.2) is 66.7 Å². The average Bonchev–Trinajstić information content (AvgIpc) is 2.42. The molecule has 3 N–H and O–H groups in total. The molecule has 0 radical (unpaired) electrons. The van der Waals surface area contributed by atoms with Crippen LogP contribution in [0.15, 0.2) is 0 Å². The Morgan fingerprint density at radius 1 is 1.21 bits per heavy atom. The van der Waals surface area contributed by atoms with Crippen molar-refractivity contribution in [3.05, 3.63) is 0 Å². The molecule has 0 saturated carbocycles. The van der Waals surface area contributed by atoms with Crippen molar-refractivity contribution in [2.45, 2.75) is 26.7 Å². The van der Waals surface area contributed by atoms with E-state index < -0.39 is 0 Å². The summed E-state index contributed by atoms with van der Waals surface area (Å²) in [5.41, 5.74) is 5.44. The van der Waals surface area contributed by atoms with Crippen molar-refractivity contribution in [1.82, 2.24) is 9.80 Å². The molecule has 1 aliphatic heterocycles. The number of hydrogen-bond acceptors (Lipinski definition) is 4. The molecule has 0 aliphatic carbocycles. The fourth-order valence-electron chi connectivity index (χ4n) is 2.58. The molecule has 1 rings (SSSR count). The number of nitrogens with zero attached hydrogens (tertiary/aromatic N) is 2. The number of aliphatic hydroxyl groups is 1. The Bertz CT molecular complexity index is 256. The smallest absolute Gasteiger partial charge is 0.230 e. The fraction of sp³-hybridized carbons (Fsp3) is 0.923. The molecule has 0 aromatic carbocycles. The Kier molecular flexibility index (Phi) is 8.57. The summed E-state index contributed by atoms with van der Waals surface area (Å²) in [6, 6.07) is 0. The summed E-state index contributed by atoms with van der Waals surface area (Å²) in [5, 5.41) is 8.90. The average molecular weight is 294 g/mol. The lowest BCUT2D eigenvalue weighted by atomic mass is 9.81. The van der Waals surface area contributed by atoms with Gasteiger partial charge < -0.3 is 15.7 Å². The van der Waals surface area contributed by atoms with Gasteiger partial charge in [0.15, 0.2) is 0 Å². The van der Waals surface area contributed by atoms with Crippen molar-refractivity contribution in [1.29, 1.82) is 0 Å². The molecule has 1 saturated heterocycles. The van der Waals surface area contributed by atoms with E-state index in [2.05, 4.69) is 4.90 Å². The first-order valence-corrected chi connectivity index (χ1v) is 6.96. The zero-order valence-electron chi connectivity index (χ0n) is 12.1.